The lowest BCUT2D eigenvalue weighted by Crippen LogP contribution is -2.18. The van der Waals surface area contributed by atoms with E-state index in [0.717, 1.165) is 11.3 Å². The van der Waals surface area contributed by atoms with Crippen molar-refractivity contribution in [3.05, 3.63) is 63.4 Å². The Balaban J connectivity index is 1.80. The summed E-state index contributed by atoms with van der Waals surface area (Å²) in [5.41, 5.74) is 0.762. The van der Waals surface area contributed by atoms with E-state index in [1.54, 1.807) is 36.0 Å². The summed E-state index contributed by atoms with van der Waals surface area (Å²) in [5, 5.41) is 11.1. The average Bonchev–Trinajstić information content (AvgIpc) is 3.08. The van der Waals surface area contributed by atoms with Crippen molar-refractivity contribution >= 4 is 54.7 Å². The van der Waals surface area contributed by atoms with E-state index < -0.39 is 20.7 Å². The van der Waals surface area contributed by atoms with Crippen molar-refractivity contribution in [2.24, 2.45) is 4.99 Å². The van der Waals surface area contributed by atoms with E-state index >= 15 is 0 Å². The number of aromatic nitrogens is 1. The number of hydrogen-bond donors (Lipinski definition) is 0. The molecule has 0 fully saturated rings. The van der Waals surface area contributed by atoms with Crippen LogP contribution >= 0.6 is 23.1 Å². The fourth-order valence-corrected chi connectivity index (χ4v) is 5.78. The number of rotatable bonds is 9. The Hall–Kier alpha value is -2.50. The second-order valence-corrected chi connectivity index (χ2v) is 10.8. The zero-order valence-corrected chi connectivity index (χ0v) is 19.2. The van der Waals surface area contributed by atoms with E-state index in [0.29, 0.717) is 16.0 Å². The Morgan fingerprint density at radius 2 is 1.97 bits per heavy atom. The Morgan fingerprint density at radius 1 is 1.23 bits per heavy atom. The highest BCUT2D eigenvalue weighted by Crippen LogP contribution is 2.23. The van der Waals surface area contributed by atoms with E-state index in [9.17, 15) is 23.3 Å². The van der Waals surface area contributed by atoms with Crippen LogP contribution in [0.4, 0.5) is 5.69 Å². The molecule has 164 valence electrons. The van der Waals surface area contributed by atoms with Crippen LogP contribution in [-0.4, -0.2) is 41.6 Å². The van der Waals surface area contributed by atoms with Crippen molar-refractivity contribution in [1.82, 2.24) is 4.57 Å². The number of nitro benzene ring substituents is 1. The molecule has 2 aromatic carbocycles. The third-order valence-electron chi connectivity index (χ3n) is 4.52. The molecule has 1 aromatic heterocycles. The van der Waals surface area contributed by atoms with Crippen LogP contribution in [0.5, 0.6) is 0 Å². The first-order valence-electron chi connectivity index (χ1n) is 9.44. The standard InChI is InChI=1S/C20H21N3O5S3/c1-29-12-11-22-17-10-9-15(23(25)26)14-18(17)30-20(22)21-19(24)8-5-13-31(27,28)16-6-3-2-4-7-16/h2-4,6-7,9-10,14H,5,8,11-13H2,1H3. The van der Waals surface area contributed by atoms with Crippen molar-refractivity contribution in [2.45, 2.75) is 24.3 Å². The van der Waals surface area contributed by atoms with Crippen LogP contribution in [0.3, 0.4) is 0 Å². The van der Waals surface area contributed by atoms with Gasteiger partial charge in [-0.2, -0.15) is 16.8 Å². The molecule has 0 aliphatic heterocycles. The summed E-state index contributed by atoms with van der Waals surface area (Å²) in [5.74, 6) is 0.241. The van der Waals surface area contributed by atoms with Crippen molar-refractivity contribution in [3.8, 4) is 0 Å². The molecule has 0 bridgehead atoms. The number of non-ortho nitro benzene ring substituents is 1. The maximum atomic E-state index is 12.4. The molecule has 0 aliphatic rings. The van der Waals surface area contributed by atoms with Crippen molar-refractivity contribution in [1.29, 1.82) is 0 Å². The van der Waals surface area contributed by atoms with Crippen molar-refractivity contribution in [2.75, 3.05) is 17.8 Å². The fraction of sp³-hybridized carbons (Fsp3) is 0.300. The lowest BCUT2D eigenvalue weighted by molar-refractivity contribution is -0.384. The lowest BCUT2D eigenvalue weighted by atomic mass is 10.3. The Bertz CT molecular complexity index is 1260. The summed E-state index contributed by atoms with van der Waals surface area (Å²) >= 11 is 2.85. The summed E-state index contributed by atoms with van der Waals surface area (Å²) in [6, 6.07) is 12.7. The highest BCUT2D eigenvalue weighted by atomic mass is 32.2. The minimum Gasteiger partial charge on any atom is -0.316 e. The van der Waals surface area contributed by atoms with Crippen molar-refractivity contribution in [3.63, 3.8) is 0 Å². The van der Waals surface area contributed by atoms with Gasteiger partial charge in [-0.1, -0.05) is 29.5 Å². The monoisotopic (exact) mass is 479 g/mol. The topological polar surface area (TPSA) is 112 Å². The molecule has 1 heterocycles. The molecule has 0 atom stereocenters. The molecule has 0 unspecified atom stereocenters. The Kier molecular flexibility index (Phi) is 7.63. The molecule has 1 amide bonds. The number of nitrogens with zero attached hydrogens (tertiary/aromatic N) is 3. The minimum absolute atomic E-state index is 0.00296. The number of amides is 1. The number of fused-ring (bicyclic) bond motifs is 1. The van der Waals surface area contributed by atoms with E-state index in [-0.39, 0.29) is 29.2 Å². The van der Waals surface area contributed by atoms with Crippen LogP contribution < -0.4 is 4.80 Å². The molecule has 0 aliphatic carbocycles. The molecule has 0 spiro atoms. The molecule has 8 nitrogen and oxygen atoms in total. The number of nitro groups is 1. The largest absolute Gasteiger partial charge is 0.316 e. The van der Waals surface area contributed by atoms with Gasteiger partial charge in [0.2, 0.25) is 5.91 Å². The highest BCUT2D eigenvalue weighted by Gasteiger charge is 2.15. The SMILES string of the molecule is CSCCn1c(=NC(=O)CCCS(=O)(=O)c2ccccc2)sc2cc([N+](=O)[O-])ccc21. The van der Waals surface area contributed by atoms with Gasteiger partial charge in [0.1, 0.15) is 0 Å². The smallest absolute Gasteiger partial charge is 0.270 e. The number of aryl methyl sites for hydroxylation is 1. The number of carbonyl (C=O) groups is 1. The summed E-state index contributed by atoms with van der Waals surface area (Å²) in [7, 11) is -3.45. The lowest BCUT2D eigenvalue weighted by Gasteiger charge is -2.04. The van der Waals surface area contributed by atoms with Gasteiger partial charge in [-0.05, 0) is 30.9 Å². The molecule has 0 N–H and O–H groups in total. The summed E-state index contributed by atoms with van der Waals surface area (Å²) in [6.07, 6.45) is 2.14. The maximum Gasteiger partial charge on any atom is 0.270 e. The Morgan fingerprint density at radius 3 is 2.65 bits per heavy atom. The van der Waals surface area contributed by atoms with Gasteiger partial charge in [0.05, 0.1) is 25.8 Å². The molecular formula is C20H21N3O5S3. The zero-order chi connectivity index (χ0) is 22.4. The summed E-state index contributed by atoms with van der Waals surface area (Å²) in [4.78, 5) is 27.9. The number of benzene rings is 2. The van der Waals surface area contributed by atoms with Gasteiger partial charge < -0.3 is 4.57 Å². The number of carbonyl (C=O) groups excluding carboxylic acids is 1. The number of thiazole rings is 1. The quantitative estimate of drug-likeness (QED) is 0.342. The Labute approximate surface area is 187 Å². The number of sulfone groups is 1. The third-order valence-corrected chi connectivity index (χ3v) is 7.97. The maximum absolute atomic E-state index is 12.4. The molecule has 0 saturated carbocycles. The van der Waals surface area contributed by atoms with Gasteiger partial charge in [0, 0.05) is 30.9 Å². The molecule has 0 saturated heterocycles. The molecule has 11 heteroatoms. The first-order valence-corrected chi connectivity index (χ1v) is 13.3. The van der Waals surface area contributed by atoms with Gasteiger partial charge in [0.15, 0.2) is 14.6 Å². The second-order valence-electron chi connectivity index (χ2n) is 6.68. The van der Waals surface area contributed by atoms with Gasteiger partial charge in [0.25, 0.3) is 5.69 Å². The number of thioether (sulfide) groups is 1. The summed E-state index contributed by atoms with van der Waals surface area (Å²) < 4.78 is 27.2. The van der Waals surface area contributed by atoms with Gasteiger partial charge >= 0.3 is 0 Å². The molecule has 31 heavy (non-hydrogen) atoms. The molecule has 0 radical (unpaired) electrons. The molecule has 3 rings (SSSR count). The van der Waals surface area contributed by atoms with E-state index in [1.807, 2.05) is 10.8 Å². The predicted molar refractivity (Wildman–Crippen MR) is 123 cm³/mol. The van der Waals surface area contributed by atoms with Gasteiger partial charge in [-0.15, -0.1) is 0 Å². The third kappa shape index (κ3) is 5.81. The first kappa shape index (κ1) is 23.2. The van der Waals surface area contributed by atoms with Crippen LogP contribution in [0.15, 0.2) is 58.4 Å². The minimum atomic E-state index is -3.45. The normalized spacial score (nSPS) is 12.4. The predicted octanol–water partition coefficient (Wildman–Crippen LogP) is 3.66. The van der Waals surface area contributed by atoms with Gasteiger partial charge in [-0.25, -0.2) is 8.42 Å². The molecule has 3 aromatic rings. The van der Waals surface area contributed by atoms with Crippen LogP contribution in [0.25, 0.3) is 10.2 Å². The van der Waals surface area contributed by atoms with Crippen LogP contribution in [-0.2, 0) is 21.2 Å². The molecular weight excluding hydrogens is 458 g/mol. The number of hydrogen-bond acceptors (Lipinski definition) is 7. The van der Waals surface area contributed by atoms with E-state index in [2.05, 4.69) is 4.99 Å². The fourth-order valence-electron chi connectivity index (χ4n) is 2.98. The highest BCUT2D eigenvalue weighted by molar-refractivity contribution is 7.98. The van der Waals surface area contributed by atoms with Gasteiger partial charge in [-0.3, -0.25) is 14.9 Å². The van der Waals surface area contributed by atoms with Crippen LogP contribution in [0.2, 0.25) is 0 Å². The summed E-state index contributed by atoms with van der Waals surface area (Å²) in [6.45, 7) is 0.605. The zero-order valence-electron chi connectivity index (χ0n) is 16.8. The second kappa shape index (κ2) is 10.2. The van der Waals surface area contributed by atoms with Crippen LogP contribution in [0, 0.1) is 10.1 Å². The van der Waals surface area contributed by atoms with Crippen LogP contribution in [0.1, 0.15) is 12.8 Å². The average molecular weight is 480 g/mol. The van der Waals surface area contributed by atoms with E-state index in [4.69, 9.17) is 0 Å². The first-order chi connectivity index (χ1) is 14.8. The van der Waals surface area contributed by atoms with Crippen molar-refractivity contribution < 1.29 is 18.1 Å². The van der Waals surface area contributed by atoms with E-state index in [1.165, 1.54) is 35.6 Å².